The van der Waals surface area contributed by atoms with Crippen LogP contribution in [0, 0.1) is 5.41 Å². The topological polar surface area (TPSA) is 0 Å². The Morgan fingerprint density at radius 2 is 1.31 bits per heavy atom. The van der Waals surface area contributed by atoms with E-state index in [1.807, 2.05) is 0 Å². The summed E-state index contributed by atoms with van der Waals surface area (Å²) in [4.78, 5) is 0. The molecule has 0 aromatic heterocycles. The molecule has 1 spiro atoms. The van der Waals surface area contributed by atoms with E-state index >= 15 is 0 Å². The average molecular weight is 240 g/mol. The van der Waals surface area contributed by atoms with E-state index in [4.69, 9.17) is 0 Å². The summed E-state index contributed by atoms with van der Waals surface area (Å²) in [6.45, 7) is 12.7. The minimum atomic E-state index is 0.202. The van der Waals surface area contributed by atoms with E-state index in [2.05, 4.69) is 34.6 Å². The van der Waals surface area contributed by atoms with E-state index in [0.29, 0.717) is 10.3 Å². The zero-order valence-corrected chi connectivity index (χ0v) is 12.8. The summed E-state index contributed by atoms with van der Waals surface area (Å²) in [5.74, 6) is 0. The fourth-order valence-electron chi connectivity index (χ4n) is 5.24. The van der Waals surface area contributed by atoms with Crippen LogP contribution >= 0.6 is 7.92 Å². The highest BCUT2D eigenvalue weighted by Gasteiger charge is 2.52. The second kappa shape index (κ2) is 3.98. The van der Waals surface area contributed by atoms with Crippen LogP contribution in [0.25, 0.3) is 0 Å². The van der Waals surface area contributed by atoms with Gasteiger partial charge in [-0.25, -0.2) is 0 Å². The summed E-state index contributed by atoms with van der Waals surface area (Å²) in [5, 5.41) is 1.24. The Morgan fingerprint density at radius 3 is 1.69 bits per heavy atom. The molecule has 1 aliphatic heterocycles. The first-order valence-electron chi connectivity index (χ1n) is 7.09. The molecule has 1 saturated heterocycles. The standard InChI is InChI=1S/C15H29P/c1-6-16-13(2,3)11-15(9-7-8-10-15)12-14(16,4)5/h6-12H2,1-5H3. The maximum Gasteiger partial charge on any atom is -0.0141 e. The van der Waals surface area contributed by atoms with Crippen LogP contribution in [-0.2, 0) is 0 Å². The molecule has 16 heavy (non-hydrogen) atoms. The summed E-state index contributed by atoms with van der Waals surface area (Å²) >= 11 is 0. The fraction of sp³-hybridized carbons (Fsp3) is 1.00. The molecule has 2 fully saturated rings. The molecular weight excluding hydrogens is 211 g/mol. The summed E-state index contributed by atoms with van der Waals surface area (Å²) in [7, 11) is 0.202. The van der Waals surface area contributed by atoms with Crippen molar-refractivity contribution in [3.8, 4) is 0 Å². The van der Waals surface area contributed by atoms with Gasteiger partial charge in [-0.1, -0.05) is 55.4 Å². The molecule has 0 unspecified atom stereocenters. The van der Waals surface area contributed by atoms with Gasteiger partial charge in [0.1, 0.15) is 0 Å². The van der Waals surface area contributed by atoms with E-state index in [1.165, 1.54) is 44.7 Å². The lowest BCUT2D eigenvalue weighted by Crippen LogP contribution is -2.45. The zero-order valence-electron chi connectivity index (χ0n) is 11.9. The SMILES string of the molecule is CCP1C(C)(C)CC2(CCCC2)CC1(C)C. The van der Waals surface area contributed by atoms with Crippen molar-refractivity contribution < 1.29 is 0 Å². The van der Waals surface area contributed by atoms with E-state index in [0.717, 1.165) is 5.41 Å². The minimum absolute atomic E-state index is 0.202. The van der Waals surface area contributed by atoms with Crippen LogP contribution in [-0.4, -0.2) is 16.5 Å². The van der Waals surface area contributed by atoms with Crippen molar-refractivity contribution >= 4 is 7.92 Å². The van der Waals surface area contributed by atoms with Crippen LogP contribution in [0.4, 0.5) is 0 Å². The third-order valence-electron chi connectivity index (χ3n) is 5.06. The Hall–Kier alpha value is 0.430. The summed E-state index contributed by atoms with van der Waals surface area (Å²) < 4.78 is 0. The van der Waals surface area contributed by atoms with Crippen LogP contribution in [0.5, 0.6) is 0 Å². The quantitative estimate of drug-likeness (QED) is 0.538. The molecule has 1 saturated carbocycles. The van der Waals surface area contributed by atoms with Gasteiger partial charge in [-0.2, -0.15) is 0 Å². The molecule has 1 heteroatoms. The predicted octanol–water partition coefficient (Wildman–Crippen LogP) is 5.40. The minimum Gasteiger partial charge on any atom is -0.0953 e. The van der Waals surface area contributed by atoms with Crippen molar-refractivity contribution in [3.05, 3.63) is 0 Å². The molecular formula is C15H29P. The van der Waals surface area contributed by atoms with Gasteiger partial charge < -0.3 is 0 Å². The van der Waals surface area contributed by atoms with Crippen LogP contribution in [0.1, 0.15) is 73.1 Å². The maximum absolute atomic E-state index is 2.56. The van der Waals surface area contributed by atoms with Crippen molar-refractivity contribution in [1.29, 1.82) is 0 Å². The average Bonchev–Trinajstić information content (AvgIpc) is 2.48. The second-order valence-electron chi connectivity index (χ2n) is 7.43. The molecule has 1 heterocycles. The maximum atomic E-state index is 2.56. The van der Waals surface area contributed by atoms with E-state index < -0.39 is 0 Å². The zero-order chi connectivity index (χ0) is 12.0. The smallest absolute Gasteiger partial charge is 0.0141 e. The Bertz CT molecular complexity index is 239. The molecule has 94 valence electrons. The van der Waals surface area contributed by atoms with Crippen LogP contribution in [0.2, 0.25) is 0 Å². The summed E-state index contributed by atoms with van der Waals surface area (Å²) in [5.41, 5.74) is 0.737. The molecule has 0 nitrogen and oxygen atoms in total. The number of rotatable bonds is 1. The molecule has 0 amide bonds. The molecule has 1 aliphatic carbocycles. The molecule has 2 rings (SSSR count). The fourth-order valence-corrected chi connectivity index (χ4v) is 9.65. The number of hydrogen-bond donors (Lipinski definition) is 0. The van der Waals surface area contributed by atoms with Crippen molar-refractivity contribution in [2.45, 2.75) is 83.5 Å². The molecule has 0 atom stereocenters. The van der Waals surface area contributed by atoms with Crippen molar-refractivity contribution in [3.63, 3.8) is 0 Å². The molecule has 2 aliphatic rings. The normalized spacial score (nSPS) is 32.1. The third-order valence-corrected chi connectivity index (χ3v) is 8.93. The van der Waals surface area contributed by atoms with Crippen molar-refractivity contribution in [2.24, 2.45) is 5.41 Å². The van der Waals surface area contributed by atoms with Crippen LogP contribution in [0.3, 0.4) is 0 Å². The van der Waals surface area contributed by atoms with Crippen molar-refractivity contribution in [2.75, 3.05) is 6.16 Å². The third kappa shape index (κ3) is 2.07. The Balaban J connectivity index is 2.27. The molecule has 0 aromatic carbocycles. The first-order valence-corrected chi connectivity index (χ1v) is 8.62. The lowest BCUT2D eigenvalue weighted by molar-refractivity contribution is 0.185. The van der Waals surface area contributed by atoms with E-state index in [9.17, 15) is 0 Å². The van der Waals surface area contributed by atoms with E-state index in [1.54, 1.807) is 0 Å². The Morgan fingerprint density at radius 1 is 0.875 bits per heavy atom. The highest BCUT2D eigenvalue weighted by atomic mass is 31.1. The highest BCUT2D eigenvalue weighted by molar-refractivity contribution is 7.60. The lowest BCUT2D eigenvalue weighted by atomic mass is 9.72. The van der Waals surface area contributed by atoms with Gasteiger partial charge in [0.2, 0.25) is 0 Å². The van der Waals surface area contributed by atoms with Gasteiger partial charge in [0.05, 0.1) is 0 Å². The Labute approximate surface area is 103 Å². The second-order valence-corrected chi connectivity index (χ2v) is 11.3. The summed E-state index contributed by atoms with van der Waals surface area (Å²) in [6, 6.07) is 0. The predicted molar refractivity (Wildman–Crippen MR) is 75.8 cm³/mol. The first-order chi connectivity index (χ1) is 7.31. The van der Waals surface area contributed by atoms with Crippen LogP contribution in [0.15, 0.2) is 0 Å². The van der Waals surface area contributed by atoms with E-state index in [-0.39, 0.29) is 7.92 Å². The van der Waals surface area contributed by atoms with Gasteiger partial charge in [0, 0.05) is 0 Å². The molecule has 0 aromatic rings. The first kappa shape index (κ1) is 12.9. The largest absolute Gasteiger partial charge is 0.0953 e. The summed E-state index contributed by atoms with van der Waals surface area (Å²) in [6.07, 6.45) is 10.5. The monoisotopic (exact) mass is 240 g/mol. The lowest BCUT2D eigenvalue weighted by Gasteiger charge is -2.57. The molecule has 0 bridgehead atoms. The molecule has 0 radical (unpaired) electrons. The van der Waals surface area contributed by atoms with Gasteiger partial charge in [-0.05, 0) is 47.6 Å². The number of hydrogen-bond acceptors (Lipinski definition) is 0. The van der Waals surface area contributed by atoms with Crippen molar-refractivity contribution in [1.82, 2.24) is 0 Å². The highest BCUT2D eigenvalue weighted by Crippen LogP contribution is 2.71. The molecule has 0 N–H and O–H groups in total. The van der Waals surface area contributed by atoms with Gasteiger partial charge >= 0.3 is 0 Å². The van der Waals surface area contributed by atoms with Gasteiger partial charge in [0.15, 0.2) is 0 Å². The van der Waals surface area contributed by atoms with Gasteiger partial charge in [-0.15, -0.1) is 0 Å². The Kier molecular flexibility index (Phi) is 3.20. The van der Waals surface area contributed by atoms with Gasteiger partial charge in [0.25, 0.3) is 0 Å². The van der Waals surface area contributed by atoms with Gasteiger partial charge in [-0.3, -0.25) is 0 Å². The van der Waals surface area contributed by atoms with Crippen LogP contribution < -0.4 is 0 Å².